The lowest BCUT2D eigenvalue weighted by Gasteiger charge is -2.11. The van der Waals surface area contributed by atoms with Gasteiger partial charge in [-0.15, -0.1) is 11.3 Å². The highest BCUT2D eigenvalue weighted by atomic mass is 32.1. The topological polar surface area (TPSA) is 72.7 Å². The fourth-order valence-electron chi connectivity index (χ4n) is 3.64. The number of pyridine rings is 1. The number of anilines is 1. The Balaban J connectivity index is 1.22. The highest BCUT2D eigenvalue weighted by molar-refractivity contribution is 7.13. The standard InChI is InChI=1S/C23H21N5OS/c29-22(13-18-15-30-23(26-18)19-5-1-3-11-24-19)25-17-9-7-16(8-10-17)20-14-28-12-4-2-6-21(28)27-20/h1,3,5,7-11,14-15H,2,4,6,12-13H2,(H,25,29). The molecule has 1 aromatic carbocycles. The Morgan fingerprint density at radius 2 is 1.97 bits per heavy atom. The maximum Gasteiger partial charge on any atom is 0.230 e. The summed E-state index contributed by atoms with van der Waals surface area (Å²) in [6, 6.07) is 13.6. The second-order valence-electron chi connectivity index (χ2n) is 7.35. The Labute approximate surface area is 178 Å². The largest absolute Gasteiger partial charge is 0.334 e. The Bertz CT molecular complexity index is 1140. The smallest absolute Gasteiger partial charge is 0.230 e. The second-order valence-corrected chi connectivity index (χ2v) is 8.21. The van der Waals surface area contributed by atoms with Crippen molar-refractivity contribution in [3.05, 3.63) is 71.8 Å². The van der Waals surface area contributed by atoms with Crippen LogP contribution in [0.1, 0.15) is 24.4 Å². The van der Waals surface area contributed by atoms with E-state index in [0.717, 1.165) is 46.3 Å². The number of hydrogen-bond donors (Lipinski definition) is 1. The lowest BCUT2D eigenvalue weighted by molar-refractivity contribution is -0.115. The summed E-state index contributed by atoms with van der Waals surface area (Å²) in [6.07, 6.45) is 7.58. The van der Waals surface area contributed by atoms with E-state index in [9.17, 15) is 4.79 Å². The van der Waals surface area contributed by atoms with Crippen molar-refractivity contribution in [2.45, 2.75) is 32.2 Å². The summed E-state index contributed by atoms with van der Waals surface area (Å²) in [5, 5.41) is 5.69. The van der Waals surface area contributed by atoms with Crippen LogP contribution in [0.3, 0.4) is 0 Å². The summed E-state index contributed by atoms with van der Waals surface area (Å²) in [4.78, 5) is 26.0. The van der Waals surface area contributed by atoms with Gasteiger partial charge in [-0.05, 0) is 37.1 Å². The van der Waals surface area contributed by atoms with Gasteiger partial charge in [-0.25, -0.2) is 9.97 Å². The zero-order chi connectivity index (χ0) is 20.3. The van der Waals surface area contributed by atoms with Gasteiger partial charge in [0.2, 0.25) is 5.91 Å². The van der Waals surface area contributed by atoms with Crippen LogP contribution in [0.25, 0.3) is 22.0 Å². The first-order valence-corrected chi connectivity index (χ1v) is 10.9. The first-order chi connectivity index (χ1) is 14.7. The third-order valence-electron chi connectivity index (χ3n) is 5.15. The first-order valence-electron chi connectivity index (χ1n) is 10.1. The molecule has 3 aromatic heterocycles. The SMILES string of the molecule is O=C(Cc1csc(-c2ccccn2)n1)Nc1ccc(-c2cn3c(n2)CCCC3)cc1. The van der Waals surface area contributed by atoms with Crippen molar-refractivity contribution in [3.63, 3.8) is 0 Å². The van der Waals surface area contributed by atoms with E-state index in [1.165, 1.54) is 30.0 Å². The van der Waals surface area contributed by atoms with E-state index in [1.807, 2.05) is 47.8 Å². The fraction of sp³-hybridized carbons (Fsp3) is 0.217. The number of imidazole rings is 1. The van der Waals surface area contributed by atoms with Gasteiger partial charge in [-0.1, -0.05) is 18.2 Å². The molecule has 0 atom stereocenters. The maximum absolute atomic E-state index is 12.4. The zero-order valence-electron chi connectivity index (χ0n) is 16.4. The maximum atomic E-state index is 12.4. The van der Waals surface area contributed by atoms with E-state index < -0.39 is 0 Å². The molecule has 7 heteroatoms. The Hall–Kier alpha value is -3.32. The van der Waals surface area contributed by atoms with Gasteiger partial charge in [0, 0.05) is 42.0 Å². The molecule has 4 heterocycles. The van der Waals surface area contributed by atoms with Crippen molar-refractivity contribution in [1.29, 1.82) is 0 Å². The first kappa shape index (κ1) is 18.7. The number of aryl methyl sites for hydroxylation is 2. The van der Waals surface area contributed by atoms with Crippen molar-refractivity contribution in [2.24, 2.45) is 0 Å². The van der Waals surface area contributed by atoms with Crippen LogP contribution in [0, 0.1) is 0 Å². The summed E-state index contributed by atoms with van der Waals surface area (Å²) < 4.78 is 2.25. The van der Waals surface area contributed by atoms with Gasteiger partial charge in [0.25, 0.3) is 0 Å². The Morgan fingerprint density at radius 3 is 2.77 bits per heavy atom. The minimum absolute atomic E-state index is 0.0851. The Kier molecular flexibility index (Phi) is 5.11. The van der Waals surface area contributed by atoms with Crippen molar-refractivity contribution < 1.29 is 4.79 Å². The van der Waals surface area contributed by atoms with Gasteiger partial charge in [0.15, 0.2) is 0 Å². The molecule has 0 spiro atoms. The lowest BCUT2D eigenvalue weighted by Crippen LogP contribution is -2.14. The zero-order valence-corrected chi connectivity index (χ0v) is 17.2. The quantitative estimate of drug-likeness (QED) is 0.518. The van der Waals surface area contributed by atoms with Gasteiger partial charge in [0.1, 0.15) is 10.8 Å². The molecule has 6 nitrogen and oxygen atoms in total. The number of fused-ring (bicyclic) bond motifs is 1. The number of thiazole rings is 1. The number of hydrogen-bond acceptors (Lipinski definition) is 5. The molecule has 150 valence electrons. The molecule has 1 aliphatic heterocycles. The van der Waals surface area contributed by atoms with Crippen molar-refractivity contribution in [2.75, 3.05) is 5.32 Å². The van der Waals surface area contributed by atoms with Crippen LogP contribution in [-0.2, 0) is 24.2 Å². The fourth-order valence-corrected chi connectivity index (χ4v) is 4.44. The van der Waals surface area contributed by atoms with E-state index in [0.29, 0.717) is 0 Å². The molecule has 0 bridgehead atoms. The van der Waals surface area contributed by atoms with Gasteiger partial charge in [-0.3, -0.25) is 9.78 Å². The van der Waals surface area contributed by atoms with Crippen molar-refractivity contribution >= 4 is 22.9 Å². The van der Waals surface area contributed by atoms with Crippen LogP contribution in [0.4, 0.5) is 5.69 Å². The summed E-state index contributed by atoms with van der Waals surface area (Å²) in [7, 11) is 0. The number of nitrogens with zero attached hydrogens (tertiary/aromatic N) is 4. The predicted octanol–water partition coefficient (Wildman–Crippen LogP) is 4.59. The van der Waals surface area contributed by atoms with Crippen LogP contribution in [0.5, 0.6) is 0 Å². The predicted molar refractivity (Wildman–Crippen MR) is 118 cm³/mol. The van der Waals surface area contributed by atoms with E-state index in [2.05, 4.69) is 26.0 Å². The molecule has 0 radical (unpaired) electrons. The molecule has 30 heavy (non-hydrogen) atoms. The van der Waals surface area contributed by atoms with E-state index in [-0.39, 0.29) is 12.3 Å². The van der Waals surface area contributed by atoms with E-state index in [1.54, 1.807) is 6.20 Å². The highest BCUT2D eigenvalue weighted by Gasteiger charge is 2.14. The molecular formula is C23H21N5OS. The van der Waals surface area contributed by atoms with Crippen LogP contribution in [0.15, 0.2) is 60.2 Å². The summed E-state index contributed by atoms with van der Waals surface area (Å²) in [6.45, 7) is 1.05. The van der Waals surface area contributed by atoms with Crippen molar-refractivity contribution in [3.8, 4) is 22.0 Å². The monoisotopic (exact) mass is 415 g/mol. The number of carbonyl (C=O) groups is 1. The molecule has 0 aliphatic carbocycles. The molecule has 5 rings (SSSR count). The summed E-state index contributed by atoms with van der Waals surface area (Å²) in [5.74, 6) is 1.08. The van der Waals surface area contributed by atoms with Gasteiger partial charge < -0.3 is 9.88 Å². The van der Waals surface area contributed by atoms with Crippen LogP contribution >= 0.6 is 11.3 Å². The molecule has 1 aliphatic rings. The van der Waals surface area contributed by atoms with Gasteiger partial charge >= 0.3 is 0 Å². The third-order valence-corrected chi connectivity index (χ3v) is 6.06. The lowest BCUT2D eigenvalue weighted by atomic mass is 10.1. The number of nitrogens with one attached hydrogen (secondary N) is 1. The van der Waals surface area contributed by atoms with Gasteiger partial charge in [-0.2, -0.15) is 0 Å². The van der Waals surface area contributed by atoms with Crippen LogP contribution in [0.2, 0.25) is 0 Å². The molecular weight excluding hydrogens is 394 g/mol. The minimum atomic E-state index is -0.0851. The molecule has 1 N–H and O–H groups in total. The second kappa shape index (κ2) is 8.20. The number of rotatable bonds is 5. The van der Waals surface area contributed by atoms with E-state index >= 15 is 0 Å². The molecule has 4 aromatic rings. The number of carbonyl (C=O) groups excluding carboxylic acids is 1. The molecule has 0 saturated heterocycles. The number of amides is 1. The third kappa shape index (κ3) is 4.02. The minimum Gasteiger partial charge on any atom is -0.334 e. The molecule has 1 amide bonds. The van der Waals surface area contributed by atoms with Crippen LogP contribution < -0.4 is 5.32 Å². The normalized spacial score (nSPS) is 13.1. The number of benzene rings is 1. The summed E-state index contributed by atoms with van der Waals surface area (Å²) in [5.41, 5.74) is 4.40. The average molecular weight is 416 g/mol. The highest BCUT2D eigenvalue weighted by Crippen LogP contribution is 2.24. The Morgan fingerprint density at radius 1 is 1.07 bits per heavy atom. The molecule has 0 saturated carbocycles. The summed E-state index contributed by atoms with van der Waals surface area (Å²) >= 11 is 1.50. The molecule has 0 unspecified atom stereocenters. The average Bonchev–Trinajstić information content (AvgIpc) is 3.42. The number of aromatic nitrogens is 4. The van der Waals surface area contributed by atoms with Crippen LogP contribution in [-0.4, -0.2) is 25.4 Å². The van der Waals surface area contributed by atoms with Crippen molar-refractivity contribution in [1.82, 2.24) is 19.5 Å². The van der Waals surface area contributed by atoms with Gasteiger partial charge in [0.05, 0.1) is 23.5 Å². The van der Waals surface area contributed by atoms with E-state index in [4.69, 9.17) is 4.98 Å². The molecule has 0 fully saturated rings.